The molecule has 0 fully saturated rings. The zero-order chi connectivity index (χ0) is 14.1. The summed E-state index contributed by atoms with van der Waals surface area (Å²) in [7, 11) is 0. The minimum atomic E-state index is -0.438. The topological polar surface area (TPSA) is 49.3 Å². The van der Waals surface area contributed by atoms with Crippen LogP contribution in [0.2, 0.25) is 0 Å². The first-order chi connectivity index (χ1) is 9.19. The molecule has 1 amide bonds. The Hall–Kier alpha value is -1.35. The summed E-state index contributed by atoms with van der Waals surface area (Å²) in [6.07, 6.45) is 3.01. The van der Waals surface area contributed by atoms with Crippen molar-refractivity contribution in [2.75, 3.05) is 6.54 Å². The highest BCUT2D eigenvalue weighted by Crippen LogP contribution is 2.21. The Bertz CT molecular complexity index is 364. The van der Waals surface area contributed by atoms with E-state index in [2.05, 4.69) is 12.2 Å². The predicted molar refractivity (Wildman–Crippen MR) is 78.0 cm³/mol. The highest BCUT2D eigenvalue weighted by Gasteiger charge is 2.19. The van der Waals surface area contributed by atoms with E-state index in [-0.39, 0.29) is 11.8 Å². The van der Waals surface area contributed by atoms with Crippen LogP contribution in [-0.4, -0.2) is 23.7 Å². The van der Waals surface area contributed by atoms with Gasteiger partial charge in [-0.1, -0.05) is 57.0 Å². The molecule has 106 valence electrons. The van der Waals surface area contributed by atoms with E-state index in [0.29, 0.717) is 6.54 Å². The number of carbonyl (C=O) groups is 1. The van der Waals surface area contributed by atoms with Crippen molar-refractivity contribution >= 4 is 5.91 Å². The lowest BCUT2D eigenvalue weighted by atomic mass is 9.93. The van der Waals surface area contributed by atoms with E-state index in [9.17, 15) is 9.90 Å². The Labute approximate surface area is 116 Å². The summed E-state index contributed by atoms with van der Waals surface area (Å²) in [6.45, 7) is 4.45. The fourth-order valence-electron chi connectivity index (χ4n) is 2.20. The average molecular weight is 263 g/mol. The number of aliphatic hydroxyl groups is 1. The van der Waals surface area contributed by atoms with Crippen LogP contribution in [0.15, 0.2) is 30.3 Å². The summed E-state index contributed by atoms with van der Waals surface area (Å²) < 4.78 is 0. The molecule has 3 heteroatoms. The average Bonchev–Trinajstić information content (AvgIpc) is 2.43. The molecule has 1 rings (SSSR count). The standard InChI is InChI=1S/C16H25NO2/c1-3-8-14(18)12-17-16(19)15(9-4-2)13-10-6-5-7-11-13/h5-7,10-11,14-15,18H,3-4,8-9,12H2,1-2H3,(H,17,19). The second-order valence-electron chi connectivity index (χ2n) is 4.94. The van der Waals surface area contributed by atoms with E-state index in [4.69, 9.17) is 0 Å². The lowest BCUT2D eigenvalue weighted by Gasteiger charge is -2.18. The van der Waals surface area contributed by atoms with Crippen LogP contribution in [0, 0.1) is 0 Å². The van der Waals surface area contributed by atoms with Crippen molar-refractivity contribution in [2.45, 2.75) is 51.6 Å². The van der Waals surface area contributed by atoms with Gasteiger partial charge in [0.1, 0.15) is 0 Å². The molecule has 2 unspecified atom stereocenters. The predicted octanol–water partition coefficient (Wildman–Crippen LogP) is 2.85. The maximum absolute atomic E-state index is 12.2. The molecule has 0 spiro atoms. The Morgan fingerprint density at radius 3 is 2.37 bits per heavy atom. The van der Waals surface area contributed by atoms with Crippen molar-refractivity contribution in [3.05, 3.63) is 35.9 Å². The van der Waals surface area contributed by atoms with Crippen LogP contribution in [0.5, 0.6) is 0 Å². The molecular weight excluding hydrogens is 238 g/mol. The largest absolute Gasteiger partial charge is 0.391 e. The molecule has 2 atom stereocenters. The SMILES string of the molecule is CCCC(O)CNC(=O)C(CCC)c1ccccc1. The summed E-state index contributed by atoms with van der Waals surface area (Å²) in [5, 5.41) is 12.5. The van der Waals surface area contributed by atoms with E-state index < -0.39 is 6.10 Å². The van der Waals surface area contributed by atoms with Gasteiger partial charge in [0.05, 0.1) is 12.0 Å². The lowest BCUT2D eigenvalue weighted by molar-refractivity contribution is -0.123. The molecule has 0 radical (unpaired) electrons. The number of carbonyl (C=O) groups excluding carboxylic acids is 1. The van der Waals surface area contributed by atoms with Gasteiger partial charge in [-0.3, -0.25) is 4.79 Å². The van der Waals surface area contributed by atoms with Crippen LogP contribution in [0.25, 0.3) is 0 Å². The number of aliphatic hydroxyl groups excluding tert-OH is 1. The van der Waals surface area contributed by atoms with E-state index in [0.717, 1.165) is 31.2 Å². The zero-order valence-corrected chi connectivity index (χ0v) is 11.9. The third-order valence-corrected chi connectivity index (χ3v) is 3.23. The van der Waals surface area contributed by atoms with Gasteiger partial charge >= 0.3 is 0 Å². The molecule has 1 aromatic rings. The fraction of sp³-hybridized carbons (Fsp3) is 0.562. The Morgan fingerprint density at radius 2 is 1.79 bits per heavy atom. The number of hydrogen-bond donors (Lipinski definition) is 2. The maximum Gasteiger partial charge on any atom is 0.227 e. The minimum Gasteiger partial charge on any atom is -0.391 e. The van der Waals surface area contributed by atoms with Crippen molar-refractivity contribution < 1.29 is 9.90 Å². The van der Waals surface area contributed by atoms with Crippen LogP contribution < -0.4 is 5.32 Å². The molecule has 0 aliphatic carbocycles. The minimum absolute atomic E-state index is 0.0169. The first kappa shape index (κ1) is 15.7. The van der Waals surface area contributed by atoms with Crippen LogP contribution in [-0.2, 0) is 4.79 Å². The molecule has 2 N–H and O–H groups in total. The summed E-state index contributed by atoms with van der Waals surface area (Å²) >= 11 is 0. The second-order valence-corrected chi connectivity index (χ2v) is 4.94. The first-order valence-corrected chi connectivity index (χ1v) is 7.19. The molecule has 0 aromatic heterocycles. The van der Waals surface area contributed by atoms with E-state index in [1.807, 2.05) is 37.3 Å². The van der Waals surface area contributed by atoms with Gasteiger partial charge in [0, 0.05) is 6.54 Å². The third-order valence-electron chi connectivity index (χ3n) is 3.23. The normalized spacial score (nSPS) is 13.8. The Balaban J connectivity index is 2.59. The van der Waals surface area contributed by atoms with Gasteiger partial charge in [0.2, 0.25) is 5.91 Å². The van der Waals surface area contributed by atoms with Gasteiger partial charge in [0.15, 0.2) is 0 Å². The van der Waals surface area contributed by atoms with E-state index in [1.165, 1.54) is 0 Å². The number of amides is 1. The number of benzene rings is 1. The molecular formula is C16H25NO2. The molecule has 3 nitrogen and oxygen atoms in total. The molecule has 0 saturated carbocycles. The molecule has 0 aliphatic rings. The van der Waals surface area contributed by atoms with Crippen molar-refractivity contribution in [3.63, 3.8) is 0 Å². The summed E-state index contributed by atoms with van der Waals surface area (Å²) in [4.78, 5) is 12.2. The van der Waals surface area contributed by atoms with Crippen molar-refractivity contribution in [1.82, 2.24) is 5.32 Å². The van der Waals surface area contributed by atoms with Gasteiger partial charge in [0.25, 0.3) is 0 Å². The van der Waals surface area contributed by atoms with Crippen LogP contribution >= 0.6 is 0 Å². The van der Waals surface area contributed by atoms with E-state index in [1.54, 1.807) is 0 Å². The Morgan fingerprint density at radius 1 is 1.16 bits per heavy atom. The quantitative estimate of drug-likeness (QED) is 0.757. The van der Waals surface area contributed by atoms with E-state index >= 15 is 0 Å². The molecule has 19 heavy (non-hydrogen) atoms. The molecule has 0 heterocycles. The molecule has 0 bridgehead atoms. The second kappa shape index (κ2) is 8.70. The van der Waals surface area contributed by atoms with Gasteiger partial charge in [-0.25, -0.2) is 0 Å². The Kier molecular flexibility index (Phi) is 7.19. The highest BCUT2D eigenvalue weighted by atomic mass is 16.3. The van der Waals surface area contributed by atoms with Crippen molar-refractivity contribution in [3.8, 4) is 0 Å². The van der Waals surface area contributed by atoms with Crippen molar-refractivity contribution in [2.24, 2.45) is 0 Å². The number of hydrogen-bond acceptors (Lipinski definition) is 2. The third kappa shape index (κ3) is 5.43. The smallest absolute Gasteiger partial charge is 0.227 e. The van der Waals surface area contributed by atoms with Crippen molar-refractivity contribution in [1.29, 1.82) is 0 Å². The maximum atomic E-state index is 12.2. The summed E-state index contributed by atoms with van der Waals surface area (Å²) in [5.41, 5.74) is 1.05. The molecule has 0 saturated heterocycles. The van der Waals surface area contributed by atoms with Crippen LogP contribution in [0.3, 0.4) is 0 Å². The fourth-order valence-corrected chi connectivity index (χ4v) is 2.20. The van der Waals surface area contributed by atoms with Gasteiger partial charge < -0.3 is 10.4 Å². The van der Waals surface area contributed by atoms with Gasteiger partial charge in [-0.15, -0.1) is 0 Å². The molecule has 0 aliphatic heterocycles. The van der Waals surface area contributed by atoms with Crippen LogP contribution in [0.4, 0.5) is 0 Å². The zero-order valence-electron chi connectivity index (χ0n) is 11.9. The first-order valence-electron chi connectivity index (χ1n) is 7.19. The van der Waals surface area contributed by atoms with Gasteiger partial charge in [-0.2, -0.15) is 0 Å². The number of rotatable bonds is 8. The molecule has 1 aromatic carbocycles. The van der Waals surface area contributed by atoms with Gasteiger partial charge in [-0.05, 0) is 18.4 Å². The summed E-state index contributed by atoms with van der Waals surface area (Å²) in [5.74, 6) is -0.0942. The lowest BCUT2D eigenvalue weighted by Crippen LogP contribution is -2.35. The number of nitrogens with one attached hydrogen (secondary N) is 1. The highest BCUT2D eigenvalue weighted by molar-refractivity contribution is 5.83. The van der Waals surface area contributed by atoms with Crippen LogP contribution in [0.1, 0.15) is 51.0 Å². The monoisotopic (exact) mass is 263 g/mol. The summed E-state index contributed by atoms with van der Waals surface area (Å²) in [6, 6.07) is 9.84.